The molecule has 148 valence electrons. The maximum absolute atomic E-state index is 12.6. The molecule has 1 N–H and O–H groups in total. The Morgan fingerprint density at radius 2 is 1.71 bits per heavy atom. The Kier molecular flexibility index (Phi) is 7.06. The van der Waals surface area contributed by atoms with E-state index in [4.69, 9.17) is 4.74 Å². The van der Waals surface area contributed by atoms with Crippen LogP contribution in [0, 0.1) is 5.92 Å². The fourth-order valence-corrected chi connectivity index (χ4v) is 3.51. The molecule has 1 aliphatic heterocycles. The number of likely N-dealkylation sites (tertiary alicyclic amines) is 1. The van der Waals surface area contributed by atoms with Gasteiger partial charge in [0.1, 0.15) is 5.75 Å². The normalized spacial score (nSPS) is 14.5. The number of rotatable bonds is 7. The van der Waals surface area contributed by atoms with Crippen molar-refractivity contribution in [3.8, 4) is 5.75 Å². The Hall–Kier alpha value is -2.82. The molecule has 0 atom stereocenters. The van der Waals surface area contributed by atoms with E-state index in [0.717, 1.165) is 23.4 Å². The zero-order chi connectivity index (χ0) is 19.8. The van der Waals surface area contributed by atoms with Gasteiger partial charge in [0.2, 0.25) is 11.8 Å². The first kappa shape index (κ1) is 19.9. The Morgan fingerprint density at radius 1 is 1.04 bits per heavy atom. The van der Waals surface area contributed by atoms with Gasteiger partial charge in [-0.2, -0.15) is 0 Å². The summed E-state index contributed by atoms with van der Waals surface area (Å²) in [6.45, 7) is 3.70. The minimum Gasteiger partial charge on any atom is -0.493 e. The number of piperidine rings is 1. The molecular formula is C23H28N2O3. The van der Waals surface area contributed by atoms with Crippen molar-refractivity contribution in [2.45, 2.75) is 32.6 Å². The van der Waals surface area contributed by atoms with Crippen LogP contribution in [0.5, 0.6) is 5.75 Å². The van der Waals surface area contributed by atoms with Gasteiger partial charge in [0.15, 0.2) is 0 Å². The molecule has 0 aromatic heterocycles. The molecular weight excluding hydrogens is 352 g/mol. The molecule has 0 bridgehead atoms. The van der Waals surface area contributed by atoms with Gasteiger partial charge >= 0.3 is 0 Å². The smallest absolute Gasteiger partial charge is 0.227 e. The number of ether oxygens (including phenoxy) is 1. The summed E-state index contributed by atoms with van der Waals surface area (Å²) in [6.07, 6.45) is 2.64. The highest BCUT2D eigenvalue weighted by Gasteiger charge is 2.27. The second-order valence-electron chi connectivity index (χ2n) is 7.07. The van der Waals surface area contributed by atoms with Crippen LogP contribution in [-0.4, -0.2) is 36.4 Å². The van der Waals surface area contributed by atoms with Crippen LogP contribution in [-0.2, 0) is 16.0 Å². The molecule has 1 heterocycles. The van der Waals surface area contributed by atoms with E-state index in [9.17, 15) is 9.59 Å². The van der Waals surface area contributed by atoms with E-state index in [0.29, 0.717) is 39.0 Å². The average molecular weight is 380 g/mol. The Balaban J connectivity index is 1.42. The van der Waals surface area contributed by atoms with Gasteiger partial charge in [0, 0.05) is 24.7 Å². The van der Waals surface area contributed by atoms with Gasteiger partial charge in [-0.25, -0.2) is 0 Å². The van der Waals surface area contributed by atoms with Crippen molar-refractivity contribution in [1.82, 2.24) is 4.90 Å². The van der Waals surface area contributed by atoms with Crippen LogP contribution in [0.15, 0.2) is 54.6 Å². The van der Waals surface area contributed by atoms with E-state index >= 15 is 0 Å². The first-order valence-electron chi connectivity index (χ1n) is 10.0. The molecule has 0 radical (unpaired) electrons. The van der Waals surface area contributed by atoms with Crippen molar-refractivity contribution < 1.29 is 14.3 Å². The molecule has 2 aromatic carbocycles. The minimum absolute atomic E-state index is 0.0467. The Morgan fingerprint density at radius 3 is 2.43 bits per heavy atom. The Labute approximate surface area is 166 Å². The van der Waals surface area contributed by atoms with Crippen molar-refractivity contribution in [2.75, 3.05) is 25.0 Å². The fraction of sp³-hybridized carbons (Fsp3) is 0.391. The quantitative estimate of drug-likeness (QED) is 0.793. The van der Waals surface area contributed by atoms with E-state index in [1.165, 1.54) is 0 Å². The average Bonchev–Trinajstić information content (AvgIpc) is 2.75. The van der Waals surface area contributed by atoms with E-state index < -0.39 is 0 Å². The maximum Gasteiger partial charge on any atom is 0.227 e. The van der Waals surface area contributed by atoms with Gasteiger partial charge in [-0.15, -0.1) is 0 Å². The van der Waals surface area contributed by atoms with Crippen LogP contribution in [0.1, 0.15) is 31.7 Å². The van der Waals surface area contributed by atoms with Crippen molar-refractivity contribution in [1.29, 1.82) is 0 Å². The van der Waals surface area contributed by atoms with Gasteiger partial charge in [0.25, 0.3) is 0 Å². The summed E-state index contributed by atoms with van der Waals surface area (Å²) in [7, 11) is 0. The summed E-state index contributed by atoms with van der Waals surface area (Å²) >= 11 is 0. The molecule has 5 nitrogen and oxygen atoms in total. The highest BCUT2D eigenvalue weighted by atomic mass is 16.5. The minimum atomic E-state index is -0.0467. The van der Waals surface area contributed by atoms with E-state index in [1.54, 1.807) is 0 Å². The second kappa shape index (κ2) is 9.93. The summed E-state index contributed by atoms with van der Waals surface area (Å²) < 4.78 is 5.60. The van der Waals surface area contributed by atoms with Gasteiger partial charge in [-0.3, -0.25) is 9.59 Å². The summed E-state index contributed by atoms with van der Waals surface area (Å²) in [5.41, 5.74) is 2.04. The van der Waals surface area contributed by atoms with Crippen molar-refractivity contribution in [3.05, 3.63) is 60.2 Å². The standard InChI is InChI=1S/C23H28N2O3/c1-2-18-8-6-7-11-21(18)24-23(27)19-12-15-25(16-13-19)22(26)14-17-28-20-9-4-3-5-10-20/h3-11,19H,2,12-17H2,1H3,(H,24,27). The van der Waals surface area contributed by atoms with Crippen LogP contribution in [0.4, 0.5) is 5.69 Å². The maximum atomic E-state index is 12.6. The molecule has 1 aliphatic rings. The monoisotopic (exact) mass is 380 g/mol. The lowest BCUT2D eigenvalue weighted by Gasteiger charge is -2.31. The third-order valence-electron chi connectivity index (χ3n) is 5.20. The number of carbonyl (C=O) groups is 2. The number of nitrogens with one attached hydrogen (secondary N) is 1. The van der Waals surface area contributed by atoms with Crippen LogP contribution in [0.2, 0.25) is 0 Å². The van der Waals surface area contributed by atoms with Crippen molar-refractivity contribution in [2.24, 2.45) is 5.92 Å². The number of carbonyl (C=O) groups excluding carboxylic acids is 2. The summed E-state index contributed by atoms with van der Waals surface area (Å²) in [5, 5.41) is 3.07. The SMILES string of the molecule is CCc1ccccc1NC(=O)C1CCN(C(=O)CCOc2ccccc2)CC1. The number of anilines is 1. The molecule has 2 aromatic rings. The van der Waals surface area contributed by atoms with Gasteiger partial charge < -0.3 is 15.0 Å². The van der Waals surface area contributed by atoms with Gasteiger partial charge in [-0.05, 0) is 43.0 Å². The number of nitrogens with zero attached hydrogens (tertiary/aromatic N) is 1. The molecule has 5 heteroatoms. The van der Waals surface area contributed by atoms with Crippen molar-refractivity contribution >= 4 is 17.5 Å². The number of aryl methyl sites for hydroxylation is 1. The number of hydrogen-bond donors (Lipinski definition) is 1. The number of benzene rings is 2. The molecule has 0 unspecified atom stereocenters. The van der Waals surface area contributed by atoms with E-state index in [-0.39, 0.29) is 17.7 Å². The largest absolute Gasteiger partial charge is 0.493 e. The molecule has 2 amide bonds. The molecule has 0 saturated carbocycles. The Bertz CT molecular complexity index is 783. The summed E-state index contributed by atoms with van der Waals surface area (Å²) in [4.78, 5) is 26.8. The van der Waals surface area contributed by atoms with E-state index in [1.807, 2.05) is 59.5 Å². The van der Waals surface area contributed by atoms with Crippen LogP contribution < -0.4 is 10.1 Å². The topological polar surface area (TPSA) is 58.6 Å². The molecule has 3 rings (SSSR count). The molecule has 1 fully saturated rings. The molecule has 28 heavy (non-hydrogen) atoms. The zero-order valence-electron chi connectivity index (χ0n) is 16.4. The highest BCUT2D eigenvalue weighted by molar-refractivity contribution is 5.93. The van der Waals surface area contributed by atoms with Crippen LogP contribution >= 0.6 is 0 Å². The molecule has 0 spiro atoms. The fourth-order valence-electron chi connectivity index (χ4n) is 3.51. The second-order valence-corrected chi connectivity index (χ2v) is 7.07. The number of hydrogen-bond acceptors (Lipinski definition) is 3. The first-order valence-corrected chi connectivity index (χ1v) is 10.0. The molecule has 0 aliphatic carbocycles. The lowest BCUT2D eigenvalue weighted by atomic mass is 9.95. The molecule has 1 saturated heterocycles. The lowest BCUT2D eigenvalue weighted by Crippen LogP contribution is -2.41. The number of amides is 2. The zero-order valence-corrected chi connectivity index (χ0v) is 16.4. The number of para-hydroxylation sites is 2. The first-order chi connectivity index (χ1) is 13.7. The third kappa shape index (κ3) is 5.35. The highest BCUT2D eigenvalue weighted by Crippen LogP contribution is 2.22. The van der Waals surface area contributed by atoms with Crippen molar-refractivity contribution in [3.63, 3.8) is 0 Å². The third-order valence-corrected chi connectivity index (χ3v) is 5.20. The predicted molar refractivity (Wildman–Crippen MR) is 110 cm³/mol. The van der Waals surface area contributed by atoms with E-state index in [2.05, 4.69) is 12.2 Å². The van der Waals surface area contributed by atoms with Gasteiger partial charge in [-0.1, -0.05) is 43.3 Å². The lowest BCUT2D eigenvalue weighted by molar-refractivity contribution is -0.135. The van der Waals surface area contributed by atoms with Gasteiger partial charge in [0.05, 0.1) is 13.0 Å². The summed E-state index contributed by atoms with van der Waals surface area (Å²) in [5.74, 6) is 0.874. The van der Waals surface area contributed by atoms with Crippen LogP contribution in [0.3, 0.4) is 0 Å². The van der Waals surface area contributed by atoms with Crippen LogP contribution in [0.25, 0.3) is 0 Å². The predicted octanol–water partition coefficient (Wildman–Crippen LogP) is 3.90. The summed E-state index contributed by atoms with van der Waals surface area (Å²) in [6, 6.07) is 17.4.